The molecule has 0 aliphatic carbocycles. The maximum Gasteiger partial charge on any atom is 0.230 e. The molecule has 0 spiro atoms. The van der Waals surface area contributed by atoms with E-state index in [9.17, 15) is 4.79 Å². The number of nitrogens with zero attached hydrogens (tertiary/aromatic N) is 3. The highest BCUT2D eigenvalue weighted by atomic mass is 79.9. The number of pyridine rings is 1. The summed E-state index contributed by atoms with van der Waals surface area (Å²) in [6.45, 7) is 0. The van der Waals surface area contributed by atoms with Crippen molar-refractivity contribution in [3.63, 3.8) is 0 Å². The van der Waals surface area contributed by atoms with Crippen molar-refractivity contribution < 1.29 is 4.79 Å². The third-order valence-electron chi connectivity index (χ3n) is 3.09. The molecule has 0 radical (unpaired) electrons. The zero-order valence-electron chi connectivity index (χ0n) is 10.7. The van der Waals surface area contributed by atoms with Crippen LogP contribution in [0.15, 0.2) is 41.0 Å². The molecule has 0 amide bonds. The molecule has 100 valence electrons. The van der Waals surface area contributed by atoms with Crippen molar-refractivity contribution >= 4 is 38.3 Å². The van der Waals surface area contributed by atoms with Gasteiger partial charge in [0.15, 0.2) is 0 Å². The monoisotopic (exact) mass is 330 g/mol. The fourth-order valence-electron chi connectivity index (χ4n) is 2.11. The van der Waals surface area contributed by atoms with Crippen molar-refractivity contribution in [3.8, 4) is 0 Å². The van der Waals surface area contributed by atoms with Crippen LogP contribution in [0.2, 0.25) is 0 Å². The van der Waals surface area contributed by atoms with Crippen LogP contribution in [0.5, 0.6) is 0 Å². The van der Waals surface area contributed by atoms with E-state index in [4.69, 9.17) is 5.73 Å². The molecule has 5 nitrogen and oxygen atoms in total. The van der Waals surface area contributed by atoms with Gasteiger partial charge in [0.25, 0.3) is 0 Å². The lowest BCUT2D eigenvalue weighted by atomic mass is 10.1. The topological polar surface area (TPSA) is 73.8 Å². The first-order valence-electron chi connectivity index (χ1n) is 5.95. The largest absolute Gasteiger partial charge is 0.398 e. The second kappa shape index (κ2) is 4.72. The predicted molar refractivity (Wildman–Crippen MR) is 80.5 cm³/mol. The van der Waals surface area contributed by atoms with Gasteiger partial charge in [-0.25, -0.2) is 4.98 Å². The molecule has 2 N–H and O–H groups in total. The van der Waals surface area contributed by atoms with Crippen LogP contribution in [-0.2, 0) is 7.05 Å². The highest BCUT2D eigenvalue weighted by molar-refractivity contribution is 9.10. The molecule has 1 aromatic carbocycles. The van der Waals surface area contributed by atoms with Crippen LogP contribution in [0, 0.1) is 0 Å². The summed E-state index contributed by atoms with van der Waals surface area (Å²) in [4.78, 5) is 16.9. The Morgan fingerprint density at radius 1 is 1.35 bits per heavy atom. The lowest BCUT2D eigenvalue weighted by molar-refractivity contribution is 0.102. The number of fused-ring (bicyclic) bond motifs is 1. The Morgan fingerprint density at radius 2 is 2.10 bits per heavy atom. The van der Waals surface area contributed by atoms with Gasteiger partial charge in [0.1, 0.15) is 11.4 Å². The lowest BCUT2D eigenvalue weighted by Gasteiger charge is -2.06. The Labute approximate surface area is 123 Å². The zero-order valence-corrected chi connectivity index (χ0v) is 12.3. The van der Waals surface area contributed by atoms with E-state index < -0.39 is 0 Å². The van der Waals surface area contributed by atoms with E-state index in [2.05, 4.69) is 26.0 Å². The molecular weight excluding hydrogens is 320 g/mol. The molecule has 2 heterocycles. The summed E-state index contributed by atoms with van der Waals surface area (Å²) in [7, 11) is 1.71. The van der Waals surface area contributed by atoms with Crippen molar-refractivity contribution in [1.82, 2.24) is 14.8 Å². The first-order valence-corrected chi connectivity index (χ1v) is 6.74. The smallest absolute Gasteiger partial charge is 0.230 e. The van der Waals surface area contributed by atoms with Crippen LogP contribution in [0.3, 0.4) is 0 Å². The lowest BCUT2D eigenvalue weighted by Crippen LogP contribution is -2.11. The molecule has 0 fully saturated rings. The summed E-state index contributed by atoms with van der Waals surface area (Å²) in [5.41, 5.74) is 8.00. The number of anilines is 1. The zero-order chi connectivity index (χ0) is 14.3. The molecule has 3 aromatic rings. The summed E-state index contributed by atoms with van der Waals surface area (Å²) in [6.07, 6.45) is 1.58. The number of aryl methyl sites for hydroxylation is 1. The number of rotatable bonds is 2. The van der Waals surface area contributed by atoms with E-state index in [0.717, 1.165) is 5.39 Å². The van der Waals surface area contributed by atoms with E-state index in [-0.39, 0.29) is 5.78 Å². The Kier molecular flexibility index (Phi) is 3.02. The first kappa shape index (κ1) is 12.8. The van der Waals surface area contributed by atoms with Crippen LogP contribution in [0.4, 0.5) is 5.69 Å². The van der Waals surface area contributed by atoms with Gasteiger partial charge in [-0.15, -0.1) is 0 Å². The van der Waals surface area contributed by atoms with Gasteiger partial charge in [-0.3, -0.25) is 9.48 Å². The average Bonchev–Trinajstić information content (AvgIpc) is 2.77. The minimum absolute atomic E-state index is 0.214. The number of aromatic nitrogens is 3. The fraction of sp³-hybridized carbons (Fsp3) is 0.0714. The number of benzene rings is 1. The SMILES string of the molecule is Cn1ncc(Br)c1C(=O)c1cc(N)c2ccccc2n1. The van der Waals surface area contributed by atoms with E-state index in [0.29, 0.717) is 27.1 Å². The van der Waals surface area contributed by atoms with Gasteiger partial charge in [0, 0.05) is 18.1 Å². The summed E-state index contributed by atoms with van der Waals surface area (Å²) in [6, 6.07) is 9.07. The van der Waals surface area contributed by atoms with E-state index >= 15 is 0 Å². The van der Waals surface area contributed by atoms with E-state index in [1.165, 1.54) is 4.68 Å². The summed E-state index contributed by atoms with van der Waals surface area (Å²) >= 11 is 3.32. The Balaban J connectivity index is 2.18. The van der Waals surface area contributed by atoms with Crippen LogP contribution in [-0.4, -0.2) is 20.5 Å². The normalized spacial score (nSPS) is 10.9. The number of nitrogen functional groups attached to an aromatic ring is 1. The second-order valence-electron chi connectivity index (χ2n) is 4.41. The fourth-order valence-corrected chi connectivity index (χ4v) is 2.63. The average molecular weight is 331 g/mol. The standard InChI is InChI=1S/C14H11BrN4O/c1-19-13(9(15)7-17-19)14(20)12-6-10(16)8-4-2-3-5-11(8)18-12/h2-7H,1H3,(H2,16,18). The molecule has 0 saturated carbocycles. The molecule has 0 unspecified atom stereocenters. The quantitative estimate of drug-likeness (QED) is 0.733. The van der Waals surface area contributed by atoms with Crippen molar-refractivity contribution in [2.24, 2.45) is 7.05 Å². The molecule has 0 aliphatic rings. The van der Waals surface area contributed by atoms with Crippen molar-refractivity contribution in [3.05, 3.63) is 52.4 Å². The number of carbonyl (C=O) groups excluding carboxylic acids is 1. The van der Waals surface area contributed by atoms with Crippen molar-refractivity contribution in [2.45, 2.75) is 0 Å². The van der Waals surface area contributed by atoms with Gasteiger partial charge < -0.3 is 5.73 Å². The number of halogens is 1. The van der Waals surface area contributed by atoms with E-state index in [1.807, 2.05) is 24.3 Å². The molecule has 0 saturated heterocycles. The van der Waals surface area contributed by atoms with Gasteiger partial charge in [-0.05, 0) is 28.1 Å². The molecule has 0 aliphatic heterocycles. The van der Waals surface area contributed by atoms with Gasteiger partial charge in [-0.2, -0.15) is 5.10 Å². The minimum Gasteiger partial charge on any atom is -0.398 e. The molecule has 0 bridgehead atoms. The Hall–Kier alpha value is -2.21. The van der Waals surface area contributed by atoms with Gasteiger partial charge >= 0.3 is 0 Å². The Morgan fingerprint density at radius 3 is 2.80 bits per heavy atom. The summed E-state index contributed by atoms with van der Waals surface area (Å²) < 4.78 is 2.15. The van der Waals surface area contributed by atoms with Crippen LogP contribution >= 0.6 is 15.9 Å². The molecule has 6 heteroatoms. The number of hydrogen-bond acceptors (Lipinski definition) is 4. The molecule has 3 rings (SSSR count). The maximum atomic E-state index is 12.5. The van der Waals surface area contributed by atoms with Crippen molar-refractivity contribution in [2.75, 3.05) is 5.73 Å². The third kappa shape index (κ3) is 1.98. The predicted octanol–water partition coefficient (Wildman–Crippen LogP) is 2.54. The third-order valence-corrected chi connectivity index (χ3v) is 3.67. The Bertz CT molecular complexity index is 806. The van der Waals surface area contributed by atoms with Crippen LogP contribution < -0.4 is 5.73 Å². The summed E-state index contributed by atoms with van der Waals surface area (Å²) in [5, 5.41) is 4.88. The van der Waals surface area contributed by atoms with Crippen LogP contribution in [0.1, 0.15) is 16.2 Å². The number of nitrogens with two attached hydrogens (primary N) is 1. The second-order valence-corrected chi connectivity index (χ2v) is 5.26. The van der Waals surface area contributed by atoms with Crippen molar-refractivity contribution in [1.29, 1.82) is 0 Å². The number of hydrogen-bond donors (Lipinski definition) is 1. The highest BCUT2D eigenvalue weighted by Gasteiger charge is 2.19. The van der Waals surface area contributed by atoms with Crippen LogP contribution in [0.25, 0.3) is 10.9 Å². The van der Waals surface area contributed by atoms with Gasteiger partial charge in [0.05, 0.1) is 16.2 Å². The van der Waals surface area contributed by atoms with Gasteiger partial charge in [-0.1, -0.05) is 18.2 Å². The molecular formula is C14H11BrN4O. The van der Waals surface area contributed by atoms with Gasteiger partial charge in [0.2, 0.25) is 5.78 Å². The molecule has 0 atom stereocenters. The van der Waals surface area contributed by atoms with E-state index in [1.54, 1.807) is 19.3 Å². The number of para-hydroxylation sites is 1. The molecule has 20 heavy (non-hydrogen) atoms. The number of ketones is 1. The summed E-state index contributed by atoms with van der Waals surface area (Å²) in [5.74, 6) is -0.214. The number of carbonyl (C=O) groups is 1. The first-order chi connectivity index (χ1) is 9.58. The minimum atomic E-state index is -0.214. The maximum absolute atomic E-state index is 12.5. The highest BCUT2D eigenvalue weighted by Crippen LogP contribution is 2.23. The molecule has 2 aromatic heterocycles.